The van der Waals surface area contributed by atoms with Crippen LogP contribution in [0.4, 0.5) is 0 Å². The first-order valence-electron chi connectivity index (χ1n) is 5.00. The number of carboxylic acids is 1. The summed E-state index contributed by atoms with van der Waals surface area (Å²) in [6.07, 6.45) is 1.24. The fourth-order valence-electron chi connectivity index (χ4n) is 1.94. The molecule has 1 heterocycles. The van der Waals surface area contributed by atoms with Crippen molar-refractivity contribution in [3.63, 3.8) is 0 Å². The van der Waals surface area contributed by atoms with Crippen molar-refractivity contribution < 1.29 is 19.7 Å². The zero-order chi connectivity index (χ0) is 10.8. The Morgan fingerprint density at radius 1 is 1.50 bits per heavy atom. The molecule has 1 aliphatic heterocycles. The molecule has 0 spiro atoms. The molecule has 1 rings (SSSR count). The molecule has 1 atom stereocenters. The Morgan fingerprint density at radius 2 is 2.00 bits per heavy atom. The van der Waals surface area contributed by atoms with Crippen LogP contribution in [0.3, 0.4) is 0 Å². The van der Waals surface area contributed by atoms with Gasteiger partial charge in [-0.3, -0.25) is 4.79 Å². The van der Waals surface area contributed by atoms with Gasteiger partial charge in [0.2, 0.25) is 0 Å². The summed E-state index contributed by atoms with van der Waals surface area (Å²) in [5, 5.41) is 19.4. The van der Waals surface area contributed by atoms with Crippen LogP contribution in [-0.4, -0.2) is 35.0 Å². The van der Waals surface area contributed by atoms with E-state index >= 15 is 0 Å². The number of hydrogen-bond acceptors (Lipinski definition) is 3. The smallest absolute Gasteiger partial charge is 0.312 e. The number of aliphatic carboxylic acids is 1. The third-order valence-corrected chi connectivity index (χ3v) is 3.53. The van der Waals surface area contributed by atoms with E-state index in [4.69, 9.17) is 9.84 Å². The van der Waals surface area contributed by atoms with Crippen molar-refractivity contribution in [1.29, 1.82) is 0 Å². The van der Waals surface area contributed by atoms with Gasteiger partial charge in [-0.15, -0.1) is 0 Å². The lowest BCUT2D eigenvalue weighted by Gasteiger charge is -2.43. The molecule has 0 aromatic carbocycles. The minimum atomic E-state index is -1.12. The number of carboxylic acid groups (broad SMARTS) is 1. The van der Waals surface area contributed by atoms with Gasteiger partial charge in [-0.1, -0.05) is 6.92 Å². The molecular formula is C10H18O4. The van der Waals surface area contributed by atoms with Gasteiger partial charge in [-0.2, -0.15) is 0 Å². The molecule has 1 aliphatic rings. The molecule has 4 heteroatoms. The third-order valence-electron chi connectivity index (χ3n) is 3.53. The summed E-state index contributed by atoms with van der Waals surface area (Å²) in [7, 11) is 0. The van der Waals surface area contributed by atoms with E-state index in [1.54, 1.807) is 13.8 Å². The van der Waals surface area contributed by atoms with Crippen LogP contribution >= 0.6 is 0 Å². The van der Waals surface area contributed by atoms with E-state index in [1.165, 1.54) is 0 Å². The van der Waals surface area contributed by atoms with Crippen molar-refractivity contribution in [3.8, 4) is 0 Å². The maximum Gasteiger partial charge on any atom is 0.312 e. The molecule has 1 saturated heterocycles. The summed E-state index contributed by atoms with van der Waals surface area (Å²) < 4.78 is 5.13. The van der Waals surface area contributed by atoms with Gasteiger partial charge in [0.05, 0.1) is 11.0 Å². The molecule has 14 heavy (non-hydrogen) atoms. The molecule has 0 aromatic rings. The molecule has 0 radical (unpaired) electrons. The second-order valence-corrected chi connectivity index (χ2v) is 4.13. The van der Waals surface area contributed by atoms with Gasteiger partial charge in [-0.05, 0) is 13.3 Å². The van der Waals surface area contributed by atoms with Crippen molar-refractivity contribution in [2.45, 2.75) is 38.7 Å². The van der Waals surface area contributed by atoms with E-state index in [0.29, 0.717) is 32.5 Å². The lowest BCUT2D eigenvalue weighted by molar-refractivity contribution is -0.181. The number of hydrogen-bond donors (Lipinski definition) is 2. The lowest BCUT2D eigenvalue weighted by Crippen LogP contribution is -2.54. The van der Waals surface area contributed by atoms with E-state index in [9.17, 15) is 9.90 Å². The Hall–Kier alpha value is -0.610. The minimum absolute atomic E-state index is 0.406. The van der Waals surface area contributed by atoms with Crippen LogP contribution in [0.2, 0.25) is 0 Å². The quantitative estimate of drug-likeness (QED) is 0.717. The Labute approximate surface area is 83.9 Å². The van der Waals surface area contributed by atoms with Crippen LogP contribution in [-0.2, 0) is 9.53 Å². The molecule has 1 fully saturated rings. The second kappa shape index (κ2) is 3.87. The summed E-state index contributed by atoms with van der Waals surface area (Å²) in [5.74, 6) is -0.926. The Kier molecular flexibility index (Phi) is 3.17. The van der Waals surface area contributed by atoms with Gasteiger partial charge < -0.3 is 14.9 Å². The summed E-state index contributed by atoms with van der Waals surface area (Å²) in [5.41, 5.74) is -2.18. The van der Waals surface area contributed by atoms with Gasteiger partial charge in [0, 0.05) is 26.1 Å². The second-order valence-electron chi connectivity index (χ2n) is 4.13. The first kappa shape index (κ1) is 11.5. The summed E-state index contributed by atoms with van der Waals surface area (Å²) in [6.45, 7) is 4.29. The average molecular weight is 202 g/mol. The fourth-order valence-corrected chi connectivity index (χ4v) is 1.94. The first-order chi connectivity index (χ1) is 6.46. The van der Waals surface area contributed by atoms with Crippen molar-refractivity contribution in [3.05, 3.63) is 0 Å². The predicted octanol–water partition coefficient (Wildman–Crippen LogP) is 1.03. The third kappa shape index (κ3) is 1.64. The summed E-state index contributed by atoms with van der Waals surface area (Å²) in [4.78, 5) is 11.2. The highest BCUT2D eigenvalue weighted by Crippen LogP contribution is 2.41. The SMILES string of the molecule is CCC(C)(C(=O)O)C1(O)CCOCC1. The highest BCUT2D eigenvalue weighted by molar-refractivity contribution is 5.75. The van der Waals surface area contributed by atoms with Gasteiger partial charge >= 0.3 is 5.97 Å². The normalized spacial score (nSPS) is 25.4. The molecular weight excluding hydrogens is 184 g/mol. The number of rotatable bonds is 3. The van der Waals surface area contributed by atoms with Gasteiger partial charge in [0.1, 0.15) is 0 Å². The molecule has 2 N–H and O–H groups in total. The van der Waals surface area contributed by atoms with Gasteiger partial charge in [0.25, 0.3) is 0 Å². The van der Waals surface area contributed by atoms with Crippen molar-refractivity contribution in [2.75, 3.05) is 13.2 Å². The molecule has 0 amide bonds. The largest absolute Gasteiger partial charge is 0.481 e. The van der Waals surface area contributed by atoms with Crippen LogP contribution in [0, 0.1) is 5.41 Å². The van der Waals surface area contributed by atoms with E-state index in [1.807, 2.05) is 0 Å². The van der Waals surface area contributed by atoms with Crippen LogP contribution in [0.15, 0.2) is 0 Å². The molecule has 82 valence electrons. The zero-order valence-corrected chi connectivity index (χ0v) is 8.75. The minimum Gasteiger partial charge on any atom is -0.481 e. The number of carbonyl (C=O) groups is 1. The highest BCUT2D eigenvalue weighted by Gasteiger charge is 2.51. The number of ether oxygens (including phenoxy) is 1. The molecule has 0 saturated carbocycles. The van der Waals surface area contributed by atoms with E-state index in [2.05, 4.69) is 0 Å². The van der Waals surface area contributed by atoms with Crippen LogP contribution in [0.1, 0.15) is 33.1 Å². The Balaban J connectivity index is 2.90. The average Bonchev–Trinajstić information content (AvgIpc) is 2.17. The van der Waals surface area contributed by atoms with E-state index in [-0.39, 0.29) is 0 Å². The molecule has 4 nitrogen and oxygen atoms in total. The highest BCUT2D eigenvalue weighted by atomic mass is 16.5. The summed E-state index contributed by atoms with van der Waals surface area (Å²) in [6, 6.07) is 0. The van der Waals surface area contributed by atoms with Crippen molar-refractivity contribution >= 4 is 5.97 Å². The Morgan fingerprint density at radius 3 is 2.36 bits per heavy atom. The topological polar surface area (TPSA) is 66.8 Å². The monoisotopic (exact) mass is 202 g/mol. The zero-order valence-electron chi connectivity index (χ0n) is 8.75. The maximum atomic E-state index is 11.2. The van der Waals surface area contributed by atoms with Crippen LogP contribution < -0.4 is 0 Å². The van der Waals surface area contributed by atoms with Crippen LogP contribution in [0.5, 0.6) is 0 Å². The molecule has 0 bridgehead atoms. The maximum absolute atomic E-state index is 11.2. The first-order valence-corrected chi connectivity index (χ1v) is 5.00. The van der Waals surface area contributed by atoms with Crippen molar-refractivity contribution in [1.82, 2.24) is 0 Å². The fraction of sp³-hybridized carbons (Fsp3) is 0.900. The lowest BCUT2D eigenvalue weighted by atomic mass is 9.67. The summed E-state index contributed by atoms with van der Waals surface area (Å²) >= 11 is 0. The van der Waals surface area contributed by atoms with Gasteiger partial charge in [0.15, 0.2) is 0 Å². The predicted molar refractivity (Wildman–Crippen MR) is 51.0 cm³/mol. The van der Waals surface area contributed by atoms with E-state index in [0.717, 1.165) is 0 Å². The standard InChI is InChI=1S/C10H18O4/c1-3-9(2,8(11)12)10(13)4-6-14-7-5-10/h13H,3-7H2,1-2H3,(H,11,12). The van der Waals surface area contributed by atoms with Crippen molar-refractivity contribution in [2.24, 2.45) is 5.41 Å². The van der Waals surface area contributed by atoms with Gasteiger partial charge in [-0.25, -0.2) is 0 Å². The Bertz CT molecular complexity index is 220. The molecule has 0 aromatic heterocycles. The van der Waals surface area contributed by atoms with E-state index < -0.39 is 17.0 Å². The number of aliphatic hydroxyl groups is 1. The molecule has 1 unspecified atom stereocenters. The molecule has 0 aliphatic carbocycles. The van der Waals surface area contributed by atoms with Crippen LogP contribution in [0.25, 0.3) is 0 Å².